The van der Waals surface area contributed by atoms with E-state index in [4.69, 9.17) is 14.2 Å². The zero-order chi connectivity index (χ0) is 9.97. The molecule has 0 aliphatic carbocycles. The Labute approximate surface area is 81.4 Å². The average molecular weight is 194 g/mol. The fourth-order valence-electron chi connectivity index (χ4n) is 1.29. The fraction of sp³-hybridized carbons (Fsp3) is 0.300. The van der Waals surface area contributed by atoms with Crippen LogP contribution in [0.25, 0.3) is 0 Å². The second-order valence-corrected chi connectivity index (χ2v) is 3.06. The van der Waals surface area contributed by atoms with Gasteiger partial charge in [-0.15, -0.1) is 0 Å². The zero-order valence-electron chi connectivity index (χ0n) is 7.73. The number of rotatable bonds is 2. The summed E-state index contributed by atoms with van der Waals surface area (Å²) >= 11 is 0. The van der Waals surface area contributed by atoms with Crippen molar-refractivity contribution in [1.29, 1.82) is 0 Å². The van der Waals surface area contributed by atoms with Gasteiger partial charge >= 0.3 is 0 Å². The minimum atomic E-state index is 0.0222. The van der Waals surface area contributed by atoms with E-state index in [0.29, 0.717) is 30.3 Å². The fourth-order valence-corrected chi connectivity index (χ4v) is 1.29. The molecular weight excluding hydrogens is 184 g/mol. The van der Waals surface area contributed by atoms with Crippen molar-refractivity contribution >= 4 is 6.47 Å². The number of benzene rings is 1. The lowest BCUT2D eigenvalue weighted by atomic mass is 10.2. The van der Waals surface area contributed by atoms with Gasteiger partial charge in [0.15, 0.2) is 11.5 Å². The topological polar surface area (TPSA) is 44.8 Å². The van der Waals surface area contributed by atoms with Gasteiger partial charge < -0.3 is 14.2 Å². The molecule has 0 aromatic heterocycles. The molecule has 1 aromatic carbocycles. The number of carbonyl (C=O) groups is 1. The lowest BCUT2D eigenvalue weighted by Gasteiger charge is -2.23. The molecule has 0 fully saturated rings. The normalized spacial score (nSPS) is 18.8. The largest absolute Gasteiger partial charge is 0.486 e. The first-order chi connectivity index (χ1) is 6.79. The van der Waals surface area contributed by atoms with Gasteiger partial charge in [0.05, 0.1) is 0 Å². The first-order valence-corrected chi connectivity index (χ1v) is 4.33. The molecule has 4 nitrogen and oxygen atoms in total. The Bertz CT molecular complexity index is 348. The van der Waals surface area contributed by atoms with E-state index in [2.05, 4.69) is 0 Å². The summed E-state index contributed by atoms with van der Waals surface area (Å²) in [6, 6.07) is 5.02. The maximum absolute atomic E-state index is 10.1. The molecule has 2 rings (SSSR count). The minimum absolute atomic E-state index is 0.0222. The van der Waals surface area contributed by atoms with E-state index in [1.807, 2.05) is 6.92 Å². The van der Waals surface area contributed by atoms with Crippen molar-refractivity contribution in [3.05, 3.63) is 18.2 Å². The van der Waals surface area contributed by atoms with E-state index in [0.717, 1.165) is 0 Å². The predicted octanol–water partition coefficient (Wildman–Crippen LogP) is 1.38. The second-order valence-electron chi connectivity index (χ2n) is 3.06. The van der Waals surface area contributed by atoms with Crippen molar-refractivity contribution in [2.24, 2.45) is 0 Å². The highest BCUT2D eigenvalue weighted by atomic mass is 16.6. The zero-order valence-corrected chi connectivity index (χ0v) is 7.73. The SMILES string of the molecule is CC1COc2ccc(OC=O)cc2O1. The molecule has 0 spiro atoms. The van der Waals surface area contributed by atoms with Crippen LogP contribution in [0.3, 0.4) is 0 Å². The smallest absolute Gasteiger partial charge is 0.298 e. The van der Waals surface area contributed by atoms with E-state index < -0.39 is 0 Å². The first kappa shape index (κ1) is 8.87. The number of fused-ring (bicyclic) bond motifs is 1. The average Bonchev–Trinajstić information content (AvgIpc) is 2.17. The summed E-state index contributed by atoms with van der Waals surface area (Å²) in [5.74, 6) is 1.75. The van der Waals surface area contributed by atoms with Crippen molar-refractivity contribution in [1.82, 2.24) is 0 Å². The molecule has 0 amide bonds. The van der Waals surface area contributed by atoms with Gasteiger partial charge in [-0.25, -0.2) is 0 Å². The predicted molar refractivity (Wildman–Crippen MR) is 48.7 cm³/mol. The molecule has 0 N–H and O–H groups in total. The van der Waals surface area contributed by atoms with Gasteiger partial charge in [0.25, 0.3) is 6.47 Å². The maximum atomic E-state index is 10.1. The molecule has 1 unspecified atom stereocenters. The highest BCUT2D eigenvalue weighted by Crippen LogP contribution is 2.34. The van der Waals surface area contributed by atoms with E-state index in [1.165, 1.54) is 0 Å². The van der Waals surface area contributed by atoms with Crippen molar-refractivity contribution in [2.45, 2.75) is 13.0 Å². The van der Waals surface area contributed by atoms with Crippen molar-refractivity contribution < 1.29 is 19.0 Å². The monoisotopic (exact) mass is 194 g/mol. The number of ether oxygens (including phenoxy) is 3. The van der Waals surface area contributed by atoms with Gasteiger partial charge in [0.2, 0.25) is 0 Å². The van der Waals surface area contributed by atoms with Crippen LogP contribution in [0.15, 0.2) is 18.2 Å². The Morgan fingerprint density at radius 3 is 3.14 bits per heavy atom. The highest BCUT2D eigenvalue weighted by Gasteiger charge is 2.17. The Balaban J connectivity index is 2.28. The summed E-state index contributed by atoms with van der Waals surface area (Å²) < 4.78 is 15.6. The molecule has 0 saturated carbocycles. The van der Waals surface area contributed by atoms with E-state index in [9.17, 15) is 4.79 Å². The van der Waals surface area contributed by atoms with Crippen LogP contribution in [-0.2, 0) is 4.79 Å². The standard InChI is InChI=1S/C10H10O4/c1-7-5-12-9-3-2-8(13-6-11)4-10(9)14-7/h2-4,6-7H,5H2,1H3. The maximum Gasteiger partial charge on any atom is 0.298 e. The molecule has 1 aromatic rings. The van der Waals surface area contributed by atoms with Crippen molar-refractivity contribution in [3.63, 3.8) is 0 Å². The molecule has 0 radical (unpaired) electrons. The van der Waals surface area contributed by atoms with Gasteiger partial charge in [-0.2, -0.15) is 0 Å². The molecule has 74 valence electrons. The third kappa shape index (κ3) is 1.64. The summed E-state index contributed by atoms with van der Waals surface area (Å²) in [7, 11) is 0. The van der Waals surface area contributed by atoms with Crippen LogP contribution in [0, 0.1) is 0 Å². The van der Waals surface area contributed by atoms with E-state index in [1.54, 1.807) is 18.2 Å². The molecule has 0 bridgehead atoms. The van der Waals surface area contributed by atoms with Crippen LogP contribution >= 0.6 is 0 Å². The summed E-state index contributed by atoms with van der Waals surface area (Å²) in [5.41, 5.74) is 0. The van der Waals surface area contributed by atoms with Crippen LogP contribution in [-0.4, -0.2) is 19.2 Å². The summed E-state index contributed by atoms with van der Waals surface area (Å²) in [6.45, 7) is 2.84. The van der Waals surface area contributed by atoms with Crippen molar-refractivity contribution in [2.75, 3.05) is 6.61 Å². The molecule has 1 aliphatic rings. The molecular formula is C10H10O4. The quantitative estimate of drug-likeness (QED) is 0.667. The molecule has 1 heterocycles. The first-order valence-electron chi connectivity index (χ1n) is 4.33. The highest BCUT2D eigenvalue weighted by molar-refractivity contribution is 5.51. The van der Waals surface area contributed by atoms with Crippen LogP contribution in [0.5, 0.6) is 17.2 Å². The van der Waals surface area contributed by atoms with Crippen LogP contribution in [0.4, 0.5) is 0 Å². The Kier molecular flexibility index (Phi) is 2.26. The van der Waals surface area contributed by atoms with Crippen LogP contribution < -0.4 is 14.2 Å². The van der Waals surface area contributed by atoms with Gasteiger partial charge in [0.1, 0.15) is 18.5 Å². The number of hydrogen-bond donors (Lipinski definition) is 0. The van der Waals surface area contributed by atoms with Crippen molar-refractivity contribution in [3.8, 4) is 17.2 Å². The molecule has 1 atom stereocenters. The Morgan fingerprint density at radius 2 is 2.36 bits per heavy atom. The van der Waals surface area contributed by atoms with Gasteiger partial charge in [-0.3, -0.25) is 4.79 Å². The van der Waals surface area contributed by atoms with E-state index in [-0.39, 0.29) is 6.10 Å². The number of carbonyl (C=O) groups excluding carboxylic acids is 1. The third-order valence-electron chi connectivity index (χ3n) is 1.90. The lowest BCUT2D eigenvalue weighted by Crippen LogP contribution is -2.25. The molecule has 0 saturated heterocycles. The van der Waals surface area contributed by atoms with Crippen LogP contribution in [0.1, 0.15) is 6.92 Å². The Morgan fingerprint density at radius 1 is 1.50 bits per heavy atom. The minimum Gasteiger partial charge on any atom is -0.486 e. The van der Waals surface area contributed by atoms with Gasteiger partial charge in [-0.1, -0.05) is 0 Å². The summed E-state index contributed by atoms with van der Waals surface area (Å²) in [5, 5.41) is 0. The van der Waals surface area contributed by atoms with Crippen LogP contribution in [0.2, 0.25) is 0 Å². The third-order valence-corrected chi connectivity index (χ3v) is 1.90. The van der Waals surface area contributed by atoms with E-state index >= 15 is 0 Å². The molecule has 4 heteroatoms. The summed E-state index contributed by atoms with van der Waals surface area (Å²) in [6.07, 6.45) is 0.0222. The lowest BCUT2D eigenvalue weighted by molar-refractivity contribution is -0.120. The van der Waals surface area contributed by atoms with Gasteiger partial charge in [0, 0.05) is 6.07 Å². The number of hydrogen-bond acceptors (Lipinski definition) is 4. The molecule has 1 aliphatic heterocycles. The Hall–Kier alpha value is -1.71. The molecule has 14 heavy (non-hydrogen) atoms. The second kappa shape index (κ2) is 3.57. The summed E-state index contributed by atoms with van der Waals surface area (Å²) in [4.78, 5) is 10.1. The van der Waals surface area contributed by atoms with Gasteiger partial charge in [-0.05, 0) is 19.1 Å².